The van der Waals surface area contributed by atoms with Crippen molar-refractivity contribution in [1.29, 1.82) is 5.26 Å². The number of aryl methyl sites for hydroxylation is 1. The Kier molecular flexibility index (Phi) is 6.32. The Morgan fingerprint density at radius 1 is 1.24 bits per heavy atom. The van der Waals surface area contributed by atoms with Gasteiger partial charge in [0.25, 0.3) is 5.91 Å². The summed E-state index contributed by atoms with van der Waals surface area (Å²) in [6, 6.07) is 16.9. The average molecular weight is 409 g/mol. The van der Waals surface area contributed by atoms with Crippen molar-refractivity contribution in [3.8, 4) is 11.8 Å². The van der Waals surface area contributed by atoms with Crippen molar-refractivity contribution in [3.05, 3.63) is 76.1 Å². The summed E-state index contributed by atoms with van der Waals surface area (Å²) in [5.41, 5.74) is 4.97. The number of nitrogens with zero attached hydrogens (tertiary/aromatic N) is 3. The van der Waals surface area contributed by atoms with Crippen LogP contribution in [0, 0.1) is 25.2 Å². The minimum atomic E-state index is -0.174. The number of para-hydroxylation sites is 1. The first-order chi connectivity index (χ1) is 13.9. The zero-order valence-electron chi connectivity index (χ0n) is 16.7. The van der Waals surface area contributed by atoms with Gasteiger partial charge in [-0.3, -0.25) is 4.79 Å². The van der Waals surface area contributed by atoms with Crippen molar-refractivity contribution in [1.82, 2.24) is 9.78 Å². The molecular weight excluding hydrogens is 386 g/mol. The SMILES string of the molecule is Cc1nn(-c2ccccc2)c(C)c1C[NH+](C)CC(=O)Nc1cc(Cl)ccc1C#N. The van der Waals surface area contributed by atoms with Crippen molar-refractivity contribution >= 4 is 23.2 Å². The number of quaternary nitrogens is 1. The number of amides is 1. The highest BCUT2D eigenvalue weighted by Crippen LogP contribution is 2.20. The molecule has 0 bridgehead atoms. The Labute approximate surface area is 175 Å². The molecule has 0 aliphatic heterocycles. The molecular formula is C22H23ClN5O+. The Balaban J connectivity index is 1.69. The summed E-state index contributed by atoms with van der Waals surface area (Å²) >= 11 is 5.98. The molecule has 0 spiro atoms. The van der Waals surface area contributed by atoms with Gasteiger partial charge < -0.3 is 10.2 Å². The molecule has 0 radical (unpaired) electrons. The zero-order chi connectivity index (χ0) is 21.0. The van der Waals surface area contributed by atoms with Gasteiger partial charge in [-0.1, -0.05) is 29.8 Å². The van der Waals surface area contributed by atoms with Gasteiger partial charge in [-0.25, -0.2) is 4.68 Å². The first kappa shape index (κ1) is 20.6. The standard InChI is InChI=1S/C22H22ClN5O/c1-15-20(16(2)28(26-15)19-7-5-4-6-8-19)13-27(3)14-22(29)25-21-11-18(23)10-9-17(21)12-24/h4-11H,13-14H2,1-3H3,(H,25,29)/p+1. The third-order valence-electron chi connectivity index (χ3n) is 4.76. The molecule has 0 saturated carbocycles. The van der Waals surface area contributed by atoms with Gasteiger partial charge in [0.2, 0.25) is 0 Å². The fraction of sp³-hybridized carbons (Fsp3) is 0.227. The highest BCUT2D eigenvalue weighted by Gasteiger charge is 2.19. The first-order valence-corrected chi connectivity index (χ1v) is 9.68. The van der Waals surface area contributed by atoms with Crippen molar-refractivity contribution in [2.75, 3.05) is 18.9 Å². The maximum atomic E-state index is 12.5. The summed E-state index contributed by atoms with van der Waals surface area (Å²) < 4.78 is 1.93. The fourth-order valence-corrected chi connectivity index (χ4v) is 3.47. The molecule has 1 heterocycles. The molecule has 1 atom stereocenters. The average Bonchev–Trinajstić information content (AvgIpc) is 2.97. The fourth-order valence-electron chi connectivity index (χ4n) is 3.30. The Bertz CT molecular complexity index is 1070. The van der Waals surface area contributed by atoms with E-state index in [2.05, 4.69) is 16.5 Å². The van der Waals surface area contributed by atoms with Gasteiger partial charge in [0, 0.05) is 5.02 Å². The Morgan fingerprint density at radius 3 is 2.66 bits per heavy atom. The van der Waals surface area contributed by atoms with Gasteiger partial charge in [-0.2, -0.15) is 10.4 Å². The quantitative estimate of drug-likeness (QED) is 0.658. The van der Waals surface area contributed by atoms with Crippen LogP contribution in [0.15, 0.2) is 48.5 Å². The van der Waals surface area contributed by atoms with E-state index in [1.807, 2.05) is 55.9 Å². The van der Waals surface area contributed by atoms with Gasteiger partial charge in [-0.05, 0) is 44.2 Å². The lowest BCUT2D eigenvalue weighted by atomic mass is 10.2. The molecule has 29 heavy (non-hydrogen) atoms. The molecule has 2 aromatic carbocycles. The molecule has 7 heteroatoms. The molecule has 0 aliphatic carbocycles. The largest absolute Gasteiger partial charge is 0.326 e. The predicted octanol–water partition coefficient (Wildman–Crippen LogP) is 2.67. The smallest absolute Gasteiger partial charge is 0.279 e. The number of halogens is 1. The Hall–Kier alpha value is -3.14. The van der Waals surface area contributed by atoms with Crippen molar-refractivity contribution in [2.24, 2.45) is 0 Å². The van der Waals surface area contributed by atoms with Gasteiger partial charge in [0.1, 0.15) is 12.6 Å². The molecule has 0 fully saturated rings. The minimum Gasteiger partial charge on any atom is -0.326 e. The number of hydrogen-bond donors (Lipinski definition) is 2. The van der Waals surface area contributed by atoms with E-state index >= 15 is 0 Å². The van der Waals surface area contributed by atoms with Crippen LogP contribution in [0.2, 0.25) is 5.02 Å². The molecule has 6 nitrogen and oxygen atoms in total. The number of benzene rings is 2. The molecule has 148 valence electrons. The third-order valence-corrected chi connectivity index (χ3v) is 4.99. The molecule has 1 aromatic heterocycles. The highest BCUT2D eigenvalue weighted by atomic mass is 35.5. The van der Waals surface area contributed by atoms with Crippen LogP contribution in [-0.4, -0.2) is 29.3 Å². The molecule has 3 rings (SSSR count). The van der Waals surface area contributed by atoms with E-state index in [9.17, 15) is 10.1 Å². The van der Waals surface area contributed by atoms with E-state index in [-0.39, 0.29) is 12.5 Å². The maximum absolute atomic E-state index is 12.5. The van der Waals surface area contributed by atoms with Gasteiger partial charge in [-0.15, -0.1) is 0 Å². The third kappa shape index (κ3) is 4.83. The van der Waals surface area contributed by atoms with Crippen LogP contribution in [0.1, 0.15) is 22.5 Å². The summed E-state index contributed by atoms with van der Waals surface area (Å²) in [4.78, 5) is 13.5. The van der Waals surface area contributed by atoms with Crippen LogP contribution in [0.5, 0.6) is 0 Å². The molecule has 2 N–H and O–H groups in total. The minimum absolute atomic E-state index is 0.174. The monoisotopic (exact) mass is 408 g/mol. The highest BCUT2D eigenvalue weighted by molar-refractivity contribution is 6.31. The molecule has 0 saturated heterocycles. The topological polar surface area (TPSA) is 75.2 Å². The number of aromatic nitrogens is 2. The van der Waals surface area contributed by atoms with Crippen molar-refractivity contribution in [3.63, 3.8) is 0 Å². The van der Waals surface area contributed by atoms with Crippen LogP contribution in [-0.2, 0) is 11.3 Å². The van der Waals surface area contributed by atoms with Gasteiger partial charge in [0.05, 0.1) is 40.9 Å². The number of nitrogens with one attached hydrogen (secondary N) is 2. The molecule has 3 aromatic rings. The molecule has 1 amide bonds. The van der Waals surface area contributed by atoms with Crippen LogP contribution in [0.3, 0.4) is 0 Å². The lowest BCUT2D eigenvalue weighted by Crippen LogP contribution is -3.08. The van der Waals surface area contributed by atoms with Gasteiger partial charge >= 0.3 is 0 Å². The van der Waals surface area contributed by atoms with Crippen molar-refractivity contribution < 1.29 is 9.69 Å². The van der Waals surface area contributed by atoms with Crippen LogP contribution < -0.4 is 10.2 Å². The summed E-state index contributed by atoms with van der Waals surface area (Å²) in [7, 11) is 1.96. The second kappa shape index (κ2) is 8.91. The normalized spacial score (nSPS) is 11.7. The number of hydrogen-bond acceptors (Lipinski definition) is 3. The van der Waals surface area contributed by atoms with E-state index in [0.717, 1.165) is 27.5 Å². The summed E-state index contributed by atoms with van der Waals surface area (Å²) in [6.07, 6.45) is 0. The maximum Gasteiger partial charge on any atom is 0.279 e. The first-order valence-electron chi connectivity index (χ1n) is 9.30. The number of likely N-dealkylation sites (N-methyl/N-ethyl adjacent to an activating group) is 1. The van der Waals surface area contributed by atoms with Crippen LogP contribution >= 0.6 is 11.6 Å². The second-order valence-corrected chi connectivity index (χ2v) is 7.49. The predicted molar refractivity (Wildman–Crippen MR) is 113 cm³/mol. The number of rotatable bonds is 6. The lowest BCUT2D eigenvalue weighted by molar-refractivity contribution is -0.885. The van der Waals surface area contributed by atoms with Crippen molar-refractivity contribution in [2.45, 2.75) is 20.4 Å². The van der Waals surface area contributed by atoms with E-state index < -0.39 is 0 Å². The van der Waals surface area contributed by atoms with E-state index in [1.165, 1.54) is 0 Å². The van der Waals surface area contributed by atoms with E-state index in [4.69, 9.17) is 11.6 Å². The van der Waals surface area contributed by atoms with E-state index in [0.29, 0.717) is 22.8 Å². The van der Waals surface area contributed by atoms with Crippen LogP contribution in [0.25, 0.3) is 5.69 Å². The van der Waals surface area contributed by atoms with Gasteiger partial charge in [0.15, 0.2) is 6.54 Å². The van der Waals surface area contributed by atoms with Crippen LogP contribution in [0.4, 0.5) is 5.69 Å². The lowest BCUT2D eigenvalue weighted by Gasteiger charge is -2.15. The summed E-state index contributed by atoms with van der Waals surface area (Å²) in [5, 5.41) is 17.1. The summed E-state index contributed by atoms with van der Waals surface area (Å²) in [5.74, 6) is -0.174. The number of anilines is 1. The summed E-state index contributed by atoms with van der Waals surface area (Å²) in [6.45, 7) is 4.95. The zero-order valence-corrected chi connectivity index (χ0v) is 17.4. The Morgan fingerprint density at radius 2 is 1.97 bits per heavy atom. The molecule has 0 aliphatic rings. The number of carbonyl (C=O) groups excluding carboxylic acids is 1. The van der Waals surface area contributed by atoms with E-state index in [1.54, 1.807) is 18.2 Å². The second-order valence-electron chi connectivity index (χ2n) is 7.06. The number of carbonyl (C=O) groups is 1. The number of nitriles is 1. The molecule has 1 unspecified atom stereocenters.